The zero-order chi connectivity index (χ0) is 9.80. The molecular formula is C10H17N3O. The number of aliphatic hydroxyl groups is 1. The molecule has 4 heteroatoms. The van der Waals surface area contributed by atoms with E-state index in [0.717, 1.165) is 17.9 Å². The standard InChI is InChI=1S/C10H17N3O/c14-6-4-8-7-10(13-12-8)9-3-1-2-5-11-9/h7,9,11,14H,1-6H2,(H,12,13). The minimum Gasteiger partial charge on any atom is -0.396 e. The summed E-state index contributed by atoms with van der Waals surface area (Å²) in [5, 5.41) is 19.4. The Morgan fingerprint density at radius 3 is 3.14 bits per heavy atom. The maximum absolute atomic E-state index is 8.78. The van der Waals surface area contributed by atoms with Gasteiger partial charge in [-0.2, -0.15) is 5.10 Å². The summed E-state index contributed by atoms with van der Waals surface area (Å²) in [6.07, 6.45) is 4.38. The summed E-state index contributed by atoms with van der Waals surface area (Å²) in [7, 11) is 0. The van der Waals surface area contributed by atoms with Crippen LogP contribution in [-0.2, 0) is 6.42 Å². The van der Waals surface area contributed by atoms with E-state index in [2.05, 4.69) is 21.6 Å². The first-order valence-electron chi connectivity index (χ1n) is 5.28. The van der Waals surface area contributed by atoms with Crippen LogP contribution < -0.4 is 5.32 Å². The molecule has 1 aromatic rings. The quantitative estimate of drug-likeness (QED) is 0.667. The summed E-state index contributed by atoms with van der Waals surface area (Å²) in [4.78, 5) is 0. The molecule has 1 fully saturated rings. The molecule has 2 heterocycles. The van der Waals surface area contributed by atoms with Gasteiger partial charge in [-0.3, -0.25) is 5.10 Å². The molecule has 2 rings (SSSR count). The predicted octanol–water partition coefficient (Wildman–Crippen LogP) is 0.759. The molecule has 1 aliphatic rings. The van der Waals surface area contributed by atoms with E-state index in [1.807, 2.05) is 0 Å². The molecule has 0 bridgehead atoms. The van der Waals surface area contributed by atoms with E-state index in [4.69, 9.17) is 5.11 Å². The van der Waals surface area contributed by atoms with Crippen LogP contribution in [0.5, 0.6) is 0 Å². The number of aliphatic hydroxyl groups excluding tert-OH is 1. The van der Waals surface area contributed by atoms with Crippen LogP contribution in [0.1, 0.15) is 36.7 Å². The maximum Gasteiger partial charge on any atom is 0.0794 e. The molecule has 0 saturated carbocycles. The first-order chi connectivity index (χ1) is 6.90. The van der Waals surface area contributed by atoms with Crippen molar-refractivity contribution in [3.63, 3.8) is 0 Å². The van der Waals surface area contributed by atoms with Crippen molar-refractivity contribution in [3.8, 4) is 0 Å². The number of aromatic nitrogens is 2. The number of rotatable bonds is 3. The van der Waals surface area contributed by atoms with Crippen LogP contribution >= 0.6 is 0 Å². The van der Waals surface area contributed by atoms with Crippen molar-refractivity contribution in [2.75, 3.05) is 13.2 Å². The van der Waals surface area contributed by atoms with Crippen LogP contribution in [0.15, 0.2) is 6.07 Å². The third-order valence-corrected chi connectivity index (χ3v) is 2.70. The van der Waals surface area contributed by atoms with Crippen LogP contribution in [-0.4, -0.2) is 28.5 Å². The van der Waals surface area contributed by atoms with Gasteiger partial charge < -0.3 is 10.4 Å². The van der Waals surface area contributed by atoms with Gasteiger partial charge in [0.15, 0.2) is 0 Å². The molecule has 0 aromatic carbocycles. The molecule has 1 atom stereocenters. The van der Waals surface area contributed by atoms with Gasteiger partial charge in [0.2, 0.25) is 0 Å². The third-order valence-electron chi connectivity index (χ3n) is 2.70. The fourth-order valence-corrected chi connectivity index (χ4v) is 1.91. The van der Waals surface area contributed by atoms with Gasteiger partial charge in [-0.25, -0.2) is 0 Å². The van der Waals surface area contributed by atoms with Crippen LogP contribution in [0.3, 0.4) is 0 Å². The smallest absolute Gasteiger partial charge is 0.0794 e. The molecule has 0 radical (unpaired) electrons. The monoisotopic (exact) mass is 195 g/mol. The molecule has 0 amide bonds. The first kappa shape index (κ1) is 9.68. The van der Waals surface area contributed by atoms with Crippen molar-refractivity contribution in [2.24, 2.45) is 0 Å². The molecule has 0 spiro atoms. The molecule has 14 heavy (non-hydrogen) atoms. The fourth-order valence-electron chi connectivity index (χ4n) is 1.91. The summed E-state index contributed by atoms with van der Waals surface area (Å²) in [5.74, 6) is 0. The molecule has 1 aliphatic heterocycles. The van der Waals surface area contributed by atoms with Crippen molar-refractivity contribution in [3.05, 3.63) is 17.5 Å². The van der Waals surface area contributed by atoms with Gasteiger partial charge in [0.05, 0.1) is 11.7 Å². The molecule has 1 aromatic heterocycles. The Bertz CT molecular complexity index is 279. The average molecular weight is 195 g/mol. The van der Waals surface area contributed by atoms with Crippen LogP contribution in [0.4, 0.5) is 0 Å². The summed E-state index contributed by atoms with van der Waals surface area (Å²) in [6, 6.07) is 2.46. The Morgan fingerprint density at radius 2 is 2.43 bits per heavy atom. The Kier molecular flexibility index (Phi) is 3.16. The number of H-pyrrole nitrogens is 1. The Morgan fingerprint density at radius 1 is 1.50 bits per heavy atom. The first-order valence-corrected chi connectivity index (χ1v) is 5.28. The van der Waals surface area contributed by atoms with Crippen molar-refractivity contribution >= 4 is 0 Å². The van der Waals surface area contributed by atoms with Crippen molar-refractivity contribution in [1.29, 1.82) is 0 Å². The van der Waals surface area contributed by atoms with Gasteiger partial charge in [0.1, 0.15) is 0 Å². The van der Waals surface area contributed by atoms with Crippen molar-refractivity contribution in [1.82, 2.24) is 15.5 Å². The minimum atomic E-state index is 0.180. The number of nitrogens with one attached hydrogen (secondary N) is 2. The van der Waals surface area contributed by atoms with E-state index in [0.29, 0.717) is 12.5 Å². The predicted molar refractivity (Wildman–Crippen MR) is 54.0 cm³/mol. The third kappa shape index (κ3) is 2.13. The summed E-state index contributed by atoms with van der Waals surface area (Å²) >= 11 is 0. The second-order valence-corrected chi connectivity index (χ2v) is 3.79. The Hall–Kier alpha value is -0.870. The molecular weight excluding hydrogens is 178 g/mol. The fraction of sp³-hybridized carbons (Fsp3) is 0.700. The van der Waals surface area contributed by atoms with Crippen LogP contribution in [0.2, 0.25) is 0 Å². The van der Waals surface area contributed by atoms with Gasteiger partial charge >= 0.3 is 0 Å². The zero-order valence-corrected chi connectivity index (χ0v) is 8.29. The topological polar surface area (TPSA) is 60.9 Å². The van der Waals surface area contributed by atoms with E-state index in [1.54, 1.807) is 0 Å². The van der Waals surface area contributed by atoms with E-state index >= 15 is 0 Å². The van der Waals surface area contributed by atoms with Gasteiger partial charge in [-0.1, -0.05) is 6.42 Å². The van der Waals surface area contributed by atoms with Gasteiger partial charge in [-0.05, 0) is 25.5 Å². The lowest BCUT2D eigenvalue weighted by atomic mass is 10.0. The number of hydrogen-bond donors (Lipinski definition) is 3. The SMILES string of the molecule is OCCc1cc(C2CCCCN2)n[nH]1. The van der Waals surface area contributed by atoms with Crippen LogP contribution in [0.25, 0.3) is 0 Å². The highest BCUT2D eigenvalue weighted by Crippen LogP contribution is 2.21. The molecule has 0 aliphatic carbocycles. The van der Waals surface area contributed by atoms with Crippen LogP contribution in [0, 0.1) is 0 Å². The lowest BCUT2D eigenvalue weighted by molar-refractivity contribution is 0.298. The minimum absolute atomic E-state index is 0.180. The van der Waals surface area contributed by atoms with Crippen molar-refractivity contribution < 1.29 is 5.11 Å². The van der Waals surface area contributed by atoms with Gasteiger partial charge in [-0.15, -0.1) is 0 Å². The average Bonchev–Trinajstić information content (AvgIpc) is 2.68. The van der Waals surface area contributed by atoms with Gasteiger partial charge in [0, 0.05) is 18.7 Å². The molecule has 1 saturated heterocycles. The largest absolute Gasteiger partial charge is 0.396 e. The van der Waals surface area contributed by atoms with E-state index in [1.165, 1.54) is 19.3 Å². The number of hydrogen-bond acceptors (Lipinski definition) is 3. The maximum atomic E-state index is 8.78. The van der Waals surface area contributed by atoms with Crippen molar-refractivity contribution in [2.45, 2.75) is 31.7 Å². The number of nitrogens with zero attached hydrogens (tertiary/aromatic N) is 1. The number of aromatic amines is 1. The van der Waals surface area contributed by atoms with E-state index < -0.39 is 0 Å². The molecule has 3 N–H and O–H groups in total. The lowest BCUT2D eigenvalue weighted by Crippen LogP contribution is -2.26. The summed E-state index contributed by atoms with van der Waals surface area (Å²) < 4.78 is 0. The lowest BCUT2D eigenvalue weighted by Gasteiger charge is -2.21. The highest BCUT2D eigenvalue weighted by atomic mass is 16.3. The summed E-state index contributed by atoms with van der Waals surface area (Å²) in [5.41, 5.74) is 2.11. The Labute approximate surface area is 83.7 Å². The second-order valence-electron chi connectivity index (χ2n) is 3.79. The Balaban J connectivity index is 2.00. The molecule has 4 nitrogen and oxygen atoms in total. The zero-order valence-electron chi connectivity index (χ0n) is 8.29. The highest BCUT2D eigenvalue weighted by molar-refractivity contribution is 5.13. The second kappa shape index (κ2) is 4.57. The number of piperidine rings is 1. The summed E-state index contributed by atoms with van der Waals surface area (Å²) in [6.45, 7) is 1.27. The van der Waals surface area contributed by atoms with E-state index in [9.17, 15) is 0 Å². The normalized spacial score (nSPS) is 22.5. The highest BCUT2D eigenvalue weighted by Gasteiger charge is 2.16. The molecule has 78 valence electrons. The van der Waals surface area contributed by atoms with Gasteiger partial charge in [0.25, 0.3) is 0 Å². The molecule has 1 unspecified atom stereocenters. The van der Waals surface area contributed by atoms with E-state index in [-0.39, 0.29) is 6.61 Å².